The molecule has 96 valence electrons. The summed E-state index contributed by atoms with van der Waals surface area (Å²) in [5.41, 5.74) is 1.15. The molecule has 0 bridgehead atoms. The Kier molecular flexibility index (Phi) is 4.51. The zero-order chi connectivity index (χ0) is 13.1. The zero-order valence-electron chi connectivity index (χ0n) is 10.3. The van der Waals surface area contributed by atoms with E-state index < -0.39 is 9.84 Å². The van der Waals surface area contributed by atoms with Crippen molar-refractivity contribution in [2.45, 2.75) is 26.8 Å². The maximum Gasteiger partial charge on any atom is 0.152 e. The summed E-state index contributed by atoms with van der Waals surface area (Å²) in [5.74, 6) is -0.238. The molecule has 0 saturated heterocycles. The number of nitrogens with one attached hydrogen (secondary N) is 1. The summed E-state index contributed by atoms with van der Waals surface area (Å²) >= 11 is 0. The average molecular weight is 259 g/mol. The first-order chi connectivity index (χ1) is 7.85. The van der Waals surface area contributed by atoms with Crippen LogP contribution >= 0.6 is 0 Å². The van der Waals surface area contributed by atoms with Crippen LogP contribution in [0.1, 0.15) is 19.4 Å². The first kappa shape index (κ1) is 14.0. The number of aryl methyl sites for hydroxylation is 1. The number of para-hydroxylation sites is 1. The Bertz CT molecular complexity index is 465. The molecule has 1 rings (SSSR count). The average Bonchev–Trinajstić information content (AvgIpc) is 2.23. The molecule has 3 nitrogen and oxygen atoms in total. The lowest BCUT2D eigenvalue weighted by Crippen LogP contribution is -2.27. The van der Waals surface area contributed by atoms with E-state index in [1.165, 1.54) is 6.07 Å². The van der Waals surface area contributed by atoms with Gasteiger partial charge in [0.05, 0.1) is 11.4 Å². The van der Waals surface area contributed by atoms with Crippen molar-refractivity contribution in [3.63, 3.8) is 0 Å². The number of hydrogen-bond acceptors (Lipinski definition) is 3. The fraction of sp³-hybridized carbons (Fsp3) is 0.500. The Morgan fingerprint density at radius 1 is 1.41 bits per heavy atom. The van der Waals surface area contributed by atoms with E-state index in [-0.39, 0.29) is 23.4 Å². The van der Waals surface area contributed by atoms with E-state index in [0.717, 1.165) is 5.56 Å². The molecular formula is C12H18FNO2S. The van der Waals surface area contributed by atoms with Crippen LogP contribution in [0.15, 0.2) is 18.2 Å². The van der Waals surface area contributed by atoms with Gasteiger partial charge < -0.3 is 5.32 Å². The molecule has 1 atom stereocenters. The summed E-state index contributed by atoms with van der Waals surface area (Å²) in [7, 11) is -3.05. The molecule has 1 aromatic carbocycles. The first-order valence-corrected chi connectivity index (χ1v) is 7.40. The van der Waals surface area contributed by atoms with E-state index >= 15 is 0 Å². The fourth-order valence-corrected chi connectivity index (χ4v) is 2.68. The minimum absolute atomic E-state index is 0.0112. The van der Waals surface area contributed by atoms with Gasteiger partial charge in [-0.3, -0.25) is 0 Å². The van der Waals surface area contributed by atoms with Gasteiger partial charge in [-0.1, -0.05) is 19.1 Å². The van der Waals surface area contributed by atoms with Crippen LogP contribution in [-0.4, -0.2) is 26.0 Å². The van der Waals surface area contributed by atoms with Crippen molar-refractivity contribution in [2.75, 3.05) is 16.8 Å². The Morgan fingerprint density at radius 2 is 2.06 bits per heavy atom. The lowest BCUT2D eigenvalue weighted by molar-refractivity contribution is 0.592. The summed E-state index contributed by atoms with van der Waals surface area (Å²) in [6, 6.07) is 4.46. The van der Waals surface area contributed by atoms with Gasteiger partial charge in [0.1, 0.15) is 5.82 Å². The molecule has 0 aliphatic carbocycles. The quantitative estimate of drug-likeness (QED) is 0.883. The molecule has 0 spiro atoms. The van der Waals surface area contributed by atoms with Crippen LogP contribution in [0.5, 0.6) is 0 Å². The number of anilines is 1. The van der Waals surface area contributed by atoms with E-state index in [2.05, 4.69) is 5.32 Å². The highest BCUT2D eigenvalue weighted by Gasteiger charge is 2.15. The third-order valence-electron chi connectivity index (χ3n) is 2.56. The molecule has 17 heavy (non-hydrogen) atoms. The summed E-state index contributed by atoms with van der Waals surface area (Å²) in [5, 5.41) is 2.91. The van der Waals surface area contributed by atoms with Crippen LogP contribution in [0.25, 0.3) is 0 Å². The molecule has 5 heteroatoms. The lowest BCUT2D eigenvalue weighted by atomic mass is 10.2. The predicted octanol–water partition coefficient (Wildman–Crippen LogP) is 2.37. The van der Waals surface area contributed by atoms with Crippen molar-refractivity contribution in [1.29, 1.82) is 0 Å². The number of halogens is 1. The number of hydrogen-bond donors (Lipinski definition) is 1. The van der Waals surface area contributed by atoms with E-state index in [9.17, 15) is 12.8 Å². The molecule has 0 heterocycles. The molecule has 1 N–H and O–H groups in total. The van der Waals surface area contributed by atoms with Gasteiger partial charge in [0.25, 0.3) is 0 Å². The number of rotatable bonds is 5. The highest BCUT2D eigenvalue weighted by molar-refractivity contribution is 7.91. The number of benzene rings is 1. The van der Waals surface area contributed by atoms with Gasteiger partial charge in [0, 0.05) is 11.8 Å². The van der Waals surface area contributed by atoms with Gasteiger partial charge in [0.2, 0.25) is 0 Å². The molecule has 0 amide bonds. The van der Waals surface area contributed by atoms with Gasteiger partial charge in [-0.15, -0.1) is 0 Å². The summed E-state index contributed by atoms with van der Waals surface area (Å²) in [6.45, 7) is 5.13. The van der Waals surface area contributed by atoms with Crippen molar-refractivity contribution < 1.29 is 12.8 Å². The Labute approximate surface area is 102 Å². The second-order valence-corrected chi connectivity index (χ2v) is 6.57. The molecule has 0 aliphatic heterocycles. The molecule has 0 saturated carbocycles. The SMILES string of the molecule is CCS(=O)(=O)CC(C)Nc1c(C)cccc1F. The Hall–Kier alpha value is -1.10. The van der Waals surface area contributed by atoms with Crippen LogP contribution in [-0.2, 0) is 9.84 Å². The van der Waals surface area contributed by atoms with Crippen LogP contribution in [0, 0.1) is 12.7 Å². The minimum Gasteiger partial charge on any atom is -0.379 e. The van der Waals surface area contributed by atoms with Gasteiger partial charge in [-0.05, 0) is 25.5 Å². The van der Waals surface area contributed by atoms with Crippen LogP contribution < -0.4 is 5.32 Å². The Morgan fingerprint density at radius 3 is 2.59 bits per heavy atom. The van der Waals surface area contributed by atoms with E-state index in [4.69, 9.17) is 0 Å². The Balaban J connectivity index is 2.79. The van der Waals surface area contributed by atoms with E-state index in [1.807, 2.05) is 0 Å². The molecule has 0 radical (unpaired) electrons. The van der Waals surface area contributed by atoms with Crippen LogP contribution in [0.3, 0.4) is 0 Å². The van der Waals surface area contributed by atoms with Crippen molar-refractivity contribution in [1.82, 2.24) is 0 Å². The van der Waals surface area contributed by atoms with Crippen molar-refractivity contribution in [3.05, 3.63) is 29.6 Å². The molecular weight excluding hydrogens is 241 g/mol. The molecule has 1 unspecified atom stereocenters. The molecule has 1 aromatic rings. The molecule has 0 aromatic heterocycles. The maximum absolute atomic E-state index is 13.5. The van der Waals surface area contributed by atoms with E-state index in [0.29, 0.717) is 5.69 Å². The summed E-state index contributed by atoms with van der Waals surface area (Å²) in [4.78, 5) is 0. The second kappa shape index (κ2) is 5.49. The third kappa shape index (κ3) is 4.00. The standard InChI is InChI=1S/C12H18FNO2S/c1-4-17(15,16)8-10(3)14-12-9(2)6-5-7-11(12)13/h5-7,10,14H,4,8H2,1-3H3. The maximum atomic E-state index is 13.5. The van der Waals surface area contributed by atoms with Gasteiger partial charge in [-0.25, -0.2) is 12.8 Å². The largest absolute Gasteiger partial charge is 0.379 e. The van der Waals surface area contributed by atoms with E-state index in [1.54, 1.807) is 32.9 Å². The molecule has 0 fully saturated rings. The van der Waals surface area contributed by atoms with Crippen LogP contribution in [0.4, 0.5) is 10.1 Å². The highest BCUT2D eigenvalue weighted by Crippen LogP contribution is 2.19. The lowest BCUT2D eigenvalue weighted by Gasteiger charge is -2.17. The smallest absolute Gasteiger partial charge is 0.152 e. The fourth-order valence-electron chi connectivity index (χ4n) is 1.60. The summed E-state index contributed by atoms with van der Waals surface area (Å²) in [6.07, 6.45) is 0. The predicted molar refractivity (Wildman–Crippen MR) is 68.5 cm³/mol. The minimum atomic E-state index is -3.05. The zero-order valence-corrected chi connectivity index (χ0v) is 11.1. The van der Waals surface area contributed by atoms with Gasteiger partial charge in [0.15, 0.2) is 9.84 Å². The number of sulfone groups is 1. The first-order valence-electron chi connectivity index (χ1n) is 5.58. The van der Waals surface area contributed by atoms with Crippen molar-refractivity contribution in [3.8, 4) is 0 Å². The highest BCUT2D eigenvalue weighted by atomic mass is 32.2. The van der Waals surface area contributed by atoms with Crippen molar-refractivity contribution in [2.24, 2.45) is 0 Å². The second-order valence-electron chi connectivity index (χ2n) is 4.18. The normalized spacial score (nSPS) is 13.4. The monoisotopic (exact) mass is 259 g/mol. The summed E-state index contributed by atoms with van der Waals surface area (Å²) < 4.78 is 36.4. The third-order valence-corrected chi connectivity index (χ3v) is 4.44. The van der Waals surface area contributed by atoms with Crippen molar-refractivity contribution >= 4 is 15.5 Å². The van der Waals surface area contributed by atoms with Gasteiger partial charge >= 0.3 is 0 Å². The van der Waals surface area contributed by atoms with Gasteiger partial charge in [-0.2, -0.15) is 0 Å². The topological polar surface area (TPSA) is 46.2 Å². The molecule has 0 aliphatic rings. The van der Waals surface area contributed by atoms with Crippen LogP contribution in [0.2, 0.25) is 0 Å².